The van der Waals surface area contributed by atoms with Crippen LogP contribution in [0.25, 0.3) is 10.8 Å². The number of ether oxygens (including phenoxy) is 1. The number of para-hydroxylation sites is 1. The Morgan fingerprint density at radius 2 is 1.12 bits per heavy atom. The lowest BCUT2D eigenvalue weighted by molar-refractivity contribution is 0.170. The number of hydrogen-bond donors (Lipinski definition) is 0. The first kappa shape index (κ1) is 18.7. The molecule has 0 radical (unpaired) electrons. The average Bonchev–Trinajstić information content (AvgIpc) is 2.89. The molecule has 2 unspecified atom stereocenters. The Bertz CT molecular complexity index is 1350. The van der Waals surface area contributed by atoms with Gasteiger partial charge in [-0.1, -0.05) is 109 Å². The van der Waals surface area contributed by atoms with E-state index in [0.29, 0.717) is 0 Å². The summed E-state index contributed by atoms with van der Waals surface area (Å²) in [6.07, 6.45) is -0.238. The molecule has 2 nitrogen and oxygen atoms in total. The Kier molecular flexibility index (Phi) is 4.62. The summed E-state index contributed by atoms with van der Waals surface area (Å²) in [4.78, 5) is 2.42. The van der Waals surface area contributed by atoms with Crippen molar-refractivity contribution < 1.29 is 4.74 Å². The molecule has 1 aliphatic heterocycles. The second kappa shape index (κ2) is 7.90. The molecule has 5 aromatic rings. The minimum absolute atomic E-state index is 0.0126. The van der Waals surface area contributed by atoms with Gasteiger partial charge in [-0.25, -0.2) is 0 Å². The molecule has 0 amide bonds. The van der Waals surface area contributed by atoms with Crippen LogP contribution in [-0.2, 0) is 0 Å². The molecular weight excluding hydrogens is 390 g/mol. The Balaban J connectivity index is 1.67. The molecule has 6 rings (SSSR count). The average molecular weight is 414 g/mol. The predicted octanol–water partition coefficient (Wildman–Crippen LogP) is 7.53. The molecule has 154 valence electrons. The predicted molar refractivity (Wildman–Crippen MR) is 131 cm³/mol. The van der Waals surface area contributed by atoms with Gasteiger partial charge in [0.25, 0.3) is 0 Å². The van der Waals surface area contributed by atoms with Gasteiger partial charge in [-0.2, -0.15) is 0 Å². The topological polar surface area (TPSA) is 12.5 Å². The van der Waals surface area contributed by atoms with Gasteiger partial charge in [0.1, 0.15) is 5.75 Å². The van der Waals surface area contributed by atoms with Gasteiger partial charge in [0.15, 0.2) is 6.23 Å². The number of hydrogen-bond acceptors (Lipinski definition) is 2. The summed E-state index contributed by atoms with van der Waals surface area (Å²) in [5.41, 5.74) is 4.73. The van der Waals surface area contributed by atoms with E-state index in [9.17, 15) is 0 Å². The fraction of sp³-hybridized carbons (Fsp3) is 0.0667. The molecule has 2 heteroatoms. The molecule has 0 aromatic heterocycles. The first-order valence-electron chi connectivity index (χ1n) is 11.0. The molecule has 2 atom stereocenters. The Morgan fingerprint density at radius 3 is 1.84 bits per heavy atom. The van der Waals surface area contributed by atoms with E-state index in [1.807, 2.05) is 0 Å². The summed E-state index contributed by atoms with van der Waals surface area (Å²) in [6.45, 7) is 0. The maximum Gasteiger partial charge on any atom is 0.199 e. The third-order valence-corrected chi connectivity index (χ3v) is 6.23. The van der Waals surface area contributed by atoms with Crippen molar-refractivity contribution in [1.82, 2.24) is 0 Å². The maximum atomic E-state index is 6.77. The van der Waals surface area contributed by atoms with Gasteiger partial charge in [0, 0.05) is 16.8 Å². The Labute approximate surface area is 188 Å². The Morgan fingerprint density at radius 1 is 0.531 bits per heavy atom. The fourth-order valence-corrected chi connectivity index (χ4v) is 4.81. The largest absolute Gasteiger partial charge is 0.466 e. The van der Waals surface area contributed by atoms with Crippen LogP contribution >= 0.6 is 0 Å². The number of nitrogens with zero attached hydrogens (tertiary/aromatic N) is 1. The van der Waals surface area contributed by atoms with Gasteiger partial charge in [0.2, 0.25) is 0 Å². The number of fused-ring (bicyclic) bond motifs is 3. The molecule has 0 spiro atoms. The van der Waals surface area contributed by atoms with Gasteiger partial charge in [-0.15, -0.1) is 0 Å². The monoisotopic (exact) mass is 413 g/mol. The van der Waals surface area contributed by atoms with E-state index in [1.165, 1.54) is 21.9 Å². The molecule has 0 bridgehead atoms. The summed E-state index contributed by atoms with van der Waals surface area (Å²) in [5, 5.41) is 2.45. The highest BCUT2D eigenvalue weighted by molar-refractivity contribution is 5.89. The van der Waals surface area contributed by atoms with Crippen molar-refractivity contribution in [2.24, 2.45) is 0 Å². The van der Waals surface area contributed by atoms with Crippen LogP contribution in [0.2, 0.25) is 0 Å². The van der Waals surface area contributed by atoms with Crippen molar-refractivity contribution in [2.75, 3.05) is 4.90 Å². The van der Waals surface area contributed by atoms with Gasteiger partial charge >= 0.3 is 0 Å². The third-order valence-electron chi connectivity index (χ3n) is 6.23. The van der Waals surface area contributed by atoms with Gasteiger partial charge < -0.3 is 9.64 Å². The summed E-state index contributed by atoms with van der Waals surface area (Å²) in [6, 6.07) is 44.8. The standard InChI is InChI=1S/C30H23NO/c1-4-13-23(14-5-1)29-28-26-19-11-10-12-22(26)20-21-27(28)32-30(24-15-6-2-7-16-24)31(29)25-17-8-3-9-18-25/h1-21,29-30H. The second-order valence-electron chi connectivity index (χ2n) is 8.14. The Hall–Kier alpha value is -4.04. The molecule has 1 aliphatic rings. The molecule has 32 heavy (non-hydrogen) atoms. The van der Waals surface area contributed by atoms with Crippen LogP contribution in [-0.4, -0.2) is 0 Å². The smallest absolute Gasteiger partial charge is 0.199 e. The summed E-state index contributed by atoms with van der Waals surface area (Å²) in [7, 11) is 0. The first-order chi connectivity index (χ1) is 15.9. The number of benzene rings is 5. The zero-order valence-corrected chi connectivity index (χ0v) is 17.6. The molecule has 5 aromatic carbocycles. The van der Waals surface area contributed by atoms with Crippen LogP contribution in [0.5, 0.6) is 5.75 Å². The van der Waals surface area contributed by atoms with E-state index >= 15 is 0 Å². The van der Waals surface area contributed by atoms with Crippen molar-refractivity contribution in [3.63, 3.8) is 0 Å². The molecule has 0 saturated heterocycles. The molecule has 0 aliphatic carbocycles. The van der Waals surface area contributed by atoms with Crippen molar-refractivity contribution in [3.8, 4) is 5.75 Å². The van der Waals surface area contributed by atoms with Crippen LogP contribution in [0.15, 0.2) is 127 Å². The SMILES string of the molecule is c1ccc(C2Oc3ccc4ccccc4c3C(c3ccccc3)N2c2ccccc2)cc1. The quantitative estimate of drug-likeness (QED) is 0.303. The maximum absolute atomic E-state index is 6.77. The molecule has 0 fully saturated rings. The van der Waals surface area contributed by atoms with Crippen molar-refractivity contribution in [2.45, 2.75) is 12.3 Å². The highest BCUT2D eigenvalue weighted by Crippen LogP contribution is 2.50. The lowest BCUT2D eigenvalue weighted by atomic mass is 9.89. The zero-order valence-electron chi connectivity index (χ0n) is 17.6. The minimum atomic E-state index is -0.238. The highest BCUT2D eigenvalue weighted by Gasteiger charge is 2.38. The third kappa shape index (κ3) is 3.12. The zero-order chi connectivity index (χ0) is 21.3. The van der Waals surface area contributed by atoms with Crippen LogP contribution in [0.4, 0.5) is 5.69 Å². The summed E-state index contributed by atoms with van der Waals surface area (Å²) in [5.74, 6) is 0.943. The minimum Gasteiger partial charge on any atom is -0.466 e. The fourth-order valence-electron chi connectivity index (χ4n) is 4.81. The van der Waals surface area contributed by atoms with E-state index in [2.05, 4.69) is 132 Å². The first-order valence-corrected chi connectivity index (χ1v) is 11.0. The normalized spacial score (nSPS) is 17.6. The van der Waals surface area contributed by atoms with Crippen molar-refractivity contribution >= 4 is 16.5 Å². The number of anilines is 1. The van der Waals surface area contributed by atoms with Crippen molar-refractivity contribution in [1.29, 1.82) is 0 Å². The van der Waals surface area contributed by atoms with Crippen LogP contribution in [0.1, 0.15) is 29.0 Å². The van der Waals surface area contributed by atoms with Gasteiger partial charge in [0.05, 0.1) is 6.04 Å². The molecule has 0 N–H and O–H groups in total. The summed E-state index contributed by atoms with van der Waals surface area (Å²) < 4.78 is 6.77. The van der Waals surface area contributed by atoms with Crippen LogP contribution in [0.3, 0.4) is 0 Å². The van der Waals surface area contributed by atoms with E-state index < -0.39 is 0 Å². The van der Waals surface area contributed by atoms with Crippen LogP contribution < -0.4 is 9.64 Å². The van der Waals surface area contributed by atoms with Crippen LogP contribution in [0, 0.1) is 0 Å². The lowest BCUT2D eigenvalue weighted by Gasteiger charge is -2.45. The molecular formula is C30H23NO. The highest BCUT2D eigenvalue weighted by atomic mass is 16.5. The van der Waals surface area contributed by atoms with E-state index in [0.717, 1.165) is 17.0 Å². The van der Waals surface area contributed by atoms with E-state index in [4.69, 9.17) is 4.74 Å². The lowest BCUT2D eigenvalue weighted by Crippen LogP contribution is -2.40. The molecule has 1 heterocycles. The second-order valence-corrected chi connectivity index (χ2v) is 8.14. The number of rotatable bonds is 3. The van der Waals surface area contributed by atoms with Gasteiger partial charge in [-0.3, -0.25) is 0 Å². The van der Waals surface area contributed by atoms with E-state index in [1.54, 1.807) is 0 Å². The van der Waals surface area contributed by atoms with Gasteiger partial charge in [-0.05, 0) is 34.5 Å². The summed E-state index contributed by atoms with van der Waals surface area (Å²) >= 11 is 0. The molecule has 0 saturated carbocycles. The van der Waals surface area contributed by atoms with E-state index in [-0.39, 0.29) is 12.3 Å². The van der Waals surface area contributed by atoms with Crippen molar-refractivity contribution in [3.05, 3.63) is 144 Å².